The van der Waals surface area contributed by atoms with Crippen molar-refractivity contribution in [3.63, 3.8) is 0 Å². The van der Waals surface area contributed by atoms with E-state index in [2.05, 4.69) is 16.8 Å². The van der Waals surface area contributed by atoms with Crippen LogP contribution >= 0.6 is 11.3 Å². The minimum atomic E-state index is -0.190. The van der Waals surface area contributed by atoms with Crippen LogP contribution in [0.4, 0.5) is 5.13 Å². The Labute approximate surface area is 114 Å². The van der Waals surface area contributed by atoms with Crippen LogP contribution < -0.4 is 10.6 Å². The molecule has 2 amide bonds. The molecule has 1 aliphatic heterocycles. The van der Waals surface area contributed by atoms with Crippen molar-refractivity contribution in [3.8, 4) is 11.8 Å². The monoisotopic (exact) mass is 275 g/mol. The highest BCUT2D eigenvalue weighted by Gasteiger charge is 2.73. The molecule has 2 fully saturated rings. The van der Waals surface area contributed by atoms with E-state index in [1.54, 1.807) is 6.20 Å². The summed E-state index contributed by atoms with van der Waals surface area (Å²) in [5.41, 5.74) is 5.10. The van der Waals surface area contributed by atoms with E-state index in [4.69, 9.17) is 5.73 Å². The number of thiazole rings is 1. The van der Waals surface area contributed by atoms with E-state index in [1.807, 2.05) is 13.8 Å². The highest BCUT2D eigenvalue weighted by Crippen LogP contribution is 2.63. The summed E-state index contributed by atoms with van der Waals surface area (Å²) in [6, 6.07) is 0. The lowest BCUT2D eigenvalue weighted by molar-refractivity contribution is -0.125. The van der Waals surface area contributed by atoms with Crippen LogP contribution in [0.25, 0.3) is 0 Å². The molecule has 2 aliphatic rings. The van der Waals surface area contributed by atoms with E-state index in [9.17, 15) is 9.59 Å². The molecule has 1 aromatic heterocycles. The lowest BCUT2D eigenvalue weighted by Gasteiger charge is -2.17. The first-order valence-corrected chi connectivity index (χ1v) is 6.82. The van der Waals surface area contributed by atoms with Crippen LogP contribution in [0, 0.1) is 29.1 Å². The molecule has 6 heteroatoms. The van der Waals surface area contributed by atoms with Gasteiger partial charge in [-0.1, -0.05) is 37.0 Å². The van der Waals surface area contributed by atoms with Crippen molar-refractivity contribution < 1.29 is 9.59 Å². The first-order valence-electron chi connectivity index (χ1n) is 6.01. The van der Waals surface area contributed by atoms with Crippen molar-refractivity contribution >= 4 is 28.3 Å². The van der Waals surface area contributed by atoms with Gasteiger partial charge in [0.2, 0.25) is 11.8 Å². The molecule has 1 aliphatic carbocycles. The van der Waals surface area contributed by atoms with E-state index in [-0.39, 0.29) is 35.6 Å². The van der Waals surface area contributed by atoms with E-state index in [0.717, 1.165) is 0 Å². The standard InChI is InChI=1S/C13H13N3O2S/c1-13(2)8-9(13)11(18)16(10(8)17)12-15-6-7(19-12)4-3-5-14/h6,8-9H,5,14H2,1-2H3. The molecule has 2 heterocycles. The maximum Gasteiger partial charge on any atom is 0.240 e. The summed E-state index contributed by atoms with van der Waals surface area (Å²) in [7, 11) is 0. The summed E-state index contributed by atoms with van der Waals surface area (Å²) in [4.78, 5) is 30.5. The molecular formula is C13H13N3O2S. The number of carbonyl (C=O) groups excluding carboxylic acids is 2. The van der Waals surface area contributed by atoms with Gasteiger partial charge in [-0.15, -0.1) is 0 Å². The molecule has 5 nitrogen and oxygen atoms in total. The highest BCUT2D eigenvalue weighted by molar-refractivity contribution is 7.16. The fourth-order valence-electron chi connectivity index (χ4n) is 2.70. The van der Waals surface area contributed by atoms with Crippen molar-refractivity contribution in [2.24, 2.45) is 23.0 Å². The average molecular weight is 275 g/mol. The number of carbonyl (C=O) groups is 2. The normalized spacial score (nSPS) is 27.0. The van der Waals surface area contributed by atoms with Gasteiger partial charge in [-0.05, 0) is 5.41 Å². The first kappa shape index (κ1) is 12.3. The van der Waals surface area contributed by atoms with Gasteiger partial charge in [0.1, 0.15) is 0 Å². The Morgan fingerprint density at radius 2 is 2.05 bits per heavy atom. The van der Waals surface area contributed by atoms with E-state index < -0.39 is 0 Å². The predicted molar refractivity (Wildman–Crippen MR) is 71.3 cm³/mol. The van der Waals surface area contributed by atoms with Crippen molar-refractivity contribution in [2.45, 2.75) is 13.8 Å². The molecule has 2 unspecified atom stereocenters. The molecule has 1 saturated carbocycles. The Kier molecular flexibility index (Phi) is 2.52. The van der Waals surface area contributed by atoms with Crippen LogP contribution in [0.15, 0.2) is 6.20 Å². The Balaban J connectivity index is 1.87. The molecule has 1 saturated heterocycles. The molecule has 0 aromatic carbocycles. The first-order chi connectivity index (χ1) is 8.98. The number of imide groups is 1. The zero-order valence-corrected chi connectivity index (χ0v) is 11.5. The number of fused-ring (bicyclic) bond motifs is 1. The van der Waals surface area contributed by atoms with E-state index in [1.165, 1.54) is 16.2 Å². The lowest BCUT2D eigenvalue weighted by atomic mass is 10.1. The van der Waals surface area contributed by atoms with Crippen LogP contribution in [0.2, 0.25) is 0 Å². The van der Waals surface area contributed by atoms with Gasteiger partial charge in [0.15, 0.2) is 5.13 Å². The topological polar surface area (TPSA) is 76.3 Å². The van der Waals surface area contributed by atoms with Crippen molar-refractivity contribution in [2.75, 3.05) is 11.4 Å². The summed E-state index contributed by atoms with van der Waals surface area (Å²) >= 11 is 1.24. The lowest BCUT2D eigenvalue weighted by Crippen LogP contribution is -2.36. The second-order valence-electron chi connectivity index (χ2n) is 5.30. The summed E-state index contributed by atoms with van der Waals surface area (Å²) in [6.07, 6.45) is 1.57. The zero-order chi connectivity index (χ0) is 13.8. The SMILES string of the molecule is CC1(C)C2C(=O)N(c3ncc(C#CCN)s3)C(=O)C21. The number of aromatic nitrogens is 1. The molecule has 0 radical (unpaired) electrons. The number of anilines is 1. The van der Waals surface area contributed by atoms with Gasteiger partial charge < -0.3 is 5.73 Å². The molecule has 19 heavy (non-hydrogen) atoms. The number of hydrogen-bond donors (Lipinski definition) is 1. The smallest absolute Gasteiger partial charge is 0.240 e. The third kappa shape index (κ3) is 1.62. The van der Waals surface area contributed by atoms with E-state index >= 15 is 0 Å². The predicted octanol–water partition coefficient (Wildman–Crippen LogP) is 0.599. The fraction of sp³-hybridized carbons (Fsp3) is 0.462. The number of hydrogen-bond acceptors (Lipinski definition) is 5. The third-order valence-corrected chi connectivity index (χ3v) is 4.70. The van der Waals surface area contributed by atoms with Gasteiger partial charge in [-0.25, -0.2) is 9.88 Å². The second kappa shape index (κ2) is 3.89. The van der Waals surface area contributed by atoms with Crippen LogP contribution in [0.3, 0.4) is 0 Å². The molecule has 98 valence electrons. The van der Waals surface area contributed by atoms with Crippen molar-refractivity contribution in [3.05, 3.63) is 11.1 Å². The maximum atomic E-state index is 12.2. The minimum absolute atomic E-state index is 0.132. The van der Waals surface area contributed by atoms with Crippen LogP contribution in [0.5, 0.6) is 0 Å². The Morgan fingerprint density at radius 3 is 2.63 bits per heavy atom. The molecule has 2 atom stereocenters. The van der Waals surface area contributed by atoms with Crippen LogP contribution in [0.1, 0.15) is 18.7 Å². The number of piperidine rings is 1. The molecule has 2 N–H and O–H groups in total. The highest BCUT2D eigenvalue weighted by atomic mass is 32.1. The average Bonchev–Trinajstić information content (AvgIpc) is 2.65. The van der Waals surface area contributed by atoms with Gasteiger partial charge in [0.05, 0.1) is 29.5 Å². The molecule has 1 aromatic rings. The molecule has 3 rings (SSSR count). The Morgan fingerprint density at radius 1 is 1.42 bits per heavy atom. The largest absolute Gasteiger partial charge is 0.320 e. The van der Waals surface area contributed by atoms with E-state index in [0.29, 0.717) is 10.0 Å². The van der Waals surface area contributed by atoms with Crippen LogP contribution in [-0.4, -0.2) is 23.3 Å². The van der Waals surface area contributed by atoms with Crippen molar-refractivity contribution in [1.82, 2.24) is 4.98 Å². The summed E-state index contributed by atoms with van der Waals surface area (Å²) < 4.78 is 0. The van der Waals surface area contributed by atoms with Gasteiger partial charge in [-0.3, -0.25) is 9.59 Å². The maximum absolute atomic E-state index is 12.2. The number of amides is 2. The second-order valence-corrected chi connectivity index (χ2v) is 6.31. The third-order valence-electron chi connectivity index (χ3n) is 3.80. The number of nitrogens with zero attached hydrogens (tertiary/aromatic N) is 2. The molecular weight excluding hydrogens is 262 g/mol. The molecule has 0 spiro atoms. The summed E-state index contributed by atoms with van der Waals surface area (Å²) in [6.45, 7) is 4.18. The fourth-order valence-corrected chi connectivity index (χ4v) is 3.50. The van der Waals surface area contributed by atoms with Gasteiger partial charge >= 0.3 is 0 Å². The quantitative estimate of drug-likeness (QED) is 0.601. The van der Waals surface area contributed by atoms with Gasteiger partial charge in [0.25, 0.3) is 0 Å². The number of nitrogens with two attached hydrogens (primary N) is 1. The summed E-state index contributed by atoms with van der Waals surface area (Å²) in [5, 5.41) is 0.416. The number of rotatable bonds is 1. The minimum Gasteiger partial charge on any atom is -0.320 e. The summed E-state index contributed by atoms with van der Waals surface area (Å²) in [5.74, 6) is 4.95. The van der Waals surface area contributed by atoms with Gasteiger partial charge in [-0.2, -0.15) is 0 Å². The zero-order valence-electron chi connectivity index (χ0n) is 10.6. The molecule has 0 bridgehead atoms. The Bertz CT molecular complexity index is 614. The van der Waals surface area contributed by atoms with Crippen molar-refractivity contribution in [1.29, 1.82) is 0 Å². The van der Waals surface area contributed by atoms with Gasteiger partial charge in [0, 0.05) is 0 Å². The van der Waals surface area contributed by atoms with Crippen LogP contribution in [-0.2, 0) is 9.59 Å². The Hall–Kier alpha value is -1.71.